The lowest BCUT2D eigenvalue weighted by atomic mass is 10.1. The first kappa shape index (κ1) is 16.3. The normalized spacial score (nSPS) is 20.3. The number of hydrogen-bond acceptors (Lipinski definition) is 3. The molecule has 1 aliphatic rings. The van der Waals surface area contributed by atoms with E-state index < -0.39 is 30.1 Å². The van der Waals surface area contributed by atoms with Gasteiger partial charge in [-0.1, -0.05) is 22.0 Å². The van der Waals surface area contributed by atoms with E-state index >= 15 is 0 Å². The van der Waals surface area contributed by atoms with Gasteiger partial charge in [0.15, 0.2) is 0 Å². The van der Waals surface area contributed by atoms with Gasteiger partial charge in [-0.2, -0.15) is 0 Å². The number of aliphatic carboxylic acids is 1. The number of carboxylic acid groups (broad SMARTS) is 2. The number of halogens is 1. The first-order valence-corrected chi connectivity index (χ1v) is 7.96. The molecule has 1 aromatic carbocycles. The van der Waals surface area contributed by atoms with Gasteiger partial charge in [0.25, 0.3) is 5.91 Å². The molecular weight excluding hydrogens is 382 g/mol. The number of aromatic amines is 1. The van der Waals surface area contributed by atoms with Crippen molar-refractivity contribution in [1.29, 1.82) is 0 Å². The first-order chi connectivity index (χ1) is 11.4. The van der Waals surface area contributed by atoms with Crippen LogP contribution in [0.2, 0.25) is 0 Å². The maximum absolute atomic E-state index is 12.4. The van der Waals surface area contributed by atoms with Crippen LogP contribution < -0.4 is 5.32 Å². The number of fused-ring (bicyclic) bond motifs is 1. The van der Waals surface area contributed by atoms with Gasteiger partial charge in [-0.25, -0.2) is 9.59 Å². The van der Waals surface area contributed by atoms with Gasteiger partial charge in [-0.3, -0.25) is 9.69 Å². The van der Waals surface area contributed by atoms with Crippen LogP contribution in [0.1, 0.15) is 16.9 Å². The molecule has 1 aliphatic heterocycles. The number of rotatable bonds is 3. The zero-order chi connectivity index (χ0) is 17.4. The Kier molecular flexibility index (Phi) is 4.18. The van der Waals surface area contributed by atoms with E-state index in [0.717, 1.165) is 20.3 Å². The molecule has 2 atom stereocenters. The second-order valence-corrected chi connectivity index (χ2v) is 6.43. The summed E-state index contributed by atoms with van der Waals surface area (Å²) >= 11 is 3.41. The van der Waals surface area contributed by atoms with Gasteiger partial charge < -0.3 is 20.5 Å². The van der Waals surface area contributed by atoms with Crippen molar-refractivity contribution in [2.24, 2.45) is 0 Å². The number of nitrogens with zero attached hydrogens (tertiary/aromatic N) is 1. The maximum Gasteiger partial charge on any atom is 0.408 e. The Balaban J connectivity index is 1.76. The summed E-state index contributed by atoms with van der Waals surface area (Å²) in [6, 6.07) is 5.52. The molecule has 0 aliphatic carbocycles. The number of carbonyl (C=O) groups is 3. The Morgan fingerprint density at radius 1 is 1.29 bits per heavy atom. The van der Waals surface area contributed by atoms with Gasteiger partial charge >= 0.3 is 12.1 Å². The molecular formula is C15H14BrN3O5. The van der Waals surface area contributed by atoms with Crippen LogP contribution in [0.25, 0.3) is 10.9 Å². The maximum atomic E-state index is 12.4. The molecule has 0 spiro atoms. The molecule has 126 valence electrons. The van der Waals surface area contributed by atoms with Crippen LogP contribution in [0.5, 0.6) is 0 Å². The van der Waals surface area contributed by atoms with Crippen molar-refractivity contribution in [3.05, 3.63) is 34.4 Å². The van der Waals surface area contributed by atoms with Crippen molar-refractivity contribution >= 4 is 44.8 Å². The zero-order valence-electron chi connectivity index (χ0n) is 12.3. The highest BCUT2D eigenvalue weighted by Gasteiger charge is 2.40. The zero-order valence-corrected chi connectivity index (χ0v) is 13.9. The quantitative estimate of drug-likeness (QED) is 0.631. The minimum atomic E-state index is -1.31. The minimum absolute atomic E-state index is 0.0390. The summed E-state index contributed by atoms with van der Waals surface area (Å²) in [6.45, 7) is -0.0536. The SMILES string of the molecule is O=C(N[C@@H]1C[C@@H](C(=O)O)N(C(=O)O)C1)c1cc2c(Br)cccc2[nH]1. The molecule has 24 heavy (non-hydrogen) atoms. The van der Waals surface area contributed by atoms with Crippen LogP contribution in [-0.2, 0) is 4.79 Å². The van der Waals surface area contributed by atoms with E-state index in [2.05, 4.69) is 26.2 Å². The number of hydrogen-bond donors (Lipinski definition) is 4. The van der Waals surface area contributed by atoms with Gasteiger partial charge in [0.1, 0.15) is 11.7 Å². The van der Waals surface area contributed by atoms with Crippen molar-refractivity contribution in [3.8, 4) is 0 Å². The standard InChI is InChI=1S/C15H14BrN3O5/c16-9-2-1-3-10-8(9)5-11(18-10)13(20)17-7-4-12(14(21)22)19(6-7)15(23)24/h1-3,5,7,12,18H,4,6H2,(H,17,20)(H,21,22)(H,23,24)/t7-,12+/m1/s1. The molecule has 1 aromatic heterocycles. The second-order valence-electron chi connectivity index (χ2n) is 5.58. The number of nitrogens with one attached hydrogen (secondary N) is 2. The molecule has 4 N–H and O–H groups in total. The Labute approximate surface area is 144 Å². The lowest BCUT2D eigenvalue weighted by molar-refractivity contribution is -0.141. The summed E-state index contributed by atoms with van der Waals surface area (Å²) < 4.78 is 0.846. The van der Waals surface area contributed by atoms with E-state index in [9.17, 15) is 14.4 Å². The van der Waals surface area contributed by atoms with Gasteiger partial charge in [-0.15, -0.1) is 0 Å². The molecule has 1 saturated heterocycles. The van der Waals surface area contributed by atoms with Crippen molar-refractivity contribution in [2.75, 3.05) is 6.54 Å². The molecule has 8 nitrogen and oxygen atoms in total. The molecule has 0 saturated carbocycles. The number of amides is 2. The van der Waals surface area contributed by atoms with E-state index in [-0.39, 0.29) is 13.0 Å². The Morgan fingerprint density at radius 2 is 2.04 bits per heavy atom. The third-order valence-electron chi connectivity index (χ3n) is 4.02. The lowest BCUT2D eigenvalue weighted by Gasteiger charge is -2.16. The number of aromatic nitrogens is 1. The van der Waals surface area contributed by atoms with E-state index in [1.807, 2.05) is 18.2 Å². The molecule has 9 heteroatoms. The smallest absolute Gasteiger partial charge is 0.408 e. The van der Waals surface area contributed by atoms with Crippen LogP contribution in [0.3, 0.4) is 0 Å². The molecule has 2 heterocycles. The second kappa shape index (κ2) is 6.16. The Bertz CT molecular complexity index is 812. The van der Waals surface area contributed by atoms with Crippen LogP contribution in [0.15, 0.2) is 28.7 Å². The molecule has 0 bridgehead atoms. The summed E-state index contributed by atoms with van der Waals surface area (Å²) in [5.41, 5.74) is 1.12. The van der Waals surface area contributed by atoms with E-state index in [1.54, 1.807) is 6.07 Å². The van der Waals surface area contributed by atoms with Crippen LogP contribution in [-0.4, -0.2) is 56.7 Å². The molecule has 3 rings (SSSR count). The molecule has 1 fully saturated rings. The fourth-order valence-corrected chi connectivity index (χ4v) is 3.37. The van der Waals surface area contributed by atoms with Gasteiger partial charge in [0.05, 0.1) is 0 Å². The summed E-state index contributed by atoms with van der Waals surface area (Å²) in [7, 11) is 0. The predicted molar refractivity (Wildman–Crippen MR) is 88.0 cm³/mol. The third kappa shape index (κ3) is 2.94. The van der Waals surface area contributed by atoms with Crippen molar-refractivity contribution in [1.82, 2.24) is 15.2 Å². The van der Waals surface area contributed by atoms with Gasteiger partial charge in [0, 0.05) is 34.4 Å². The lowest BCUT2D eigenvalue weighted by Crippen LogP contribution is -2.40. The topological polar surface area (TPSA) is 123 Å². The fourth-order valence-electron chi connectivity index (χ4n) is 2.89. The molecule has 2 aromatic rings. The van der Waals surface area contributed by atoms with Crippen molar-refractivity contribution in [3.63, 3.8) is 0 Å². The van der Waals surface area contributed by atoms with Crippen LogP contribution in [0, 0.1) is 0 Å². The average molecular weight is 396 g/mol. The monoisotopic (exact) mass is 395 g/mol. The summed E-state index contributed by atoms with van der Waals surface area (Å²) in [4.78, 5) is 38.4. The van der Waals surface area contributed by atoms with Crippen LogP contribution in [0.4, 0.5) is 4.79 Å². The molecule has 0 unspecified atom stereocenters. The van der Waals surface area contributed by atoms with Gasteiger partial charge in [0.2, 0.25) is 0 Å². The first-order valence-electron chi connectivity index (χ1n) is 7.17. The largest absolute Gasteiger partial charge is 0.480 e. The number of H-pyrrole nitrogens is 1. The van der Waals surface area contributed by atoms with E-state index in [4.69, 9.17) is 10.2 Å². The van der Waals surface area contributed by atoms with Gasteiger partial charge in [-0.05, 0) is 18.2 Å². The highest BCUT2D eigenvalue weighted by molar-refractivity contribution is 9.10. The summed E-state index contributed by atoms with van der Waals surface area (Å²) in [5, 5.41) is 21.7. The average Bonchev–Trinajstić information content (AvgIpc) is 3.12. The number of benzene rings is 1. The number of likely N-dealkylation sites (tertiary alicyclic amines) is 1. The van der Waals surface area contributed by atoms with E-state index in [1.165, 1.54) is 0 Å². The highest BCUT2D eigenvalue weighted by Crippen LogP contribution is 2.25. The third-order valence-corrected chi connectivity index (χ3v) is 4.71. The highest BCUT2D eigenvalue weighted by atomic mass is 79.9. The summed E-state index contributed by atoms with van der Waals surface area (Å²) in [5.74, 6) is -1.62. The Hall–Kier alpha value is -2.55. The number of carbonyl (C=O) groups excluding carboxylic acids is 1. The fraction of sp³-hybridized carbons (Fsp3) is 0.267. The summed E-state index contributed by atoms with van der Waals surface area (Å²) in [6.07, 6.45) is -1.27. The Morgan fingerprint density at radius 3 is 2.62 bits per heavy atom. The van der Waals surface area contributed by atoms with E-state index in [0.29, 0.717) is 5.69 Å². The molecule has 0 radical (unpaired) electrons. The van der Waals surface area contributed by atoms with Crippen molar-refractivity contribution < 1.29 is 24.6 Å². The number of carboxylic acids is 1. The van der Waals surface area contributed by atoms with Crippen molar-refractivity contribution in [2.45, 2.75) is 18.5 Å². The predicted octanol–water partition coefficient (Wildman–Crippen LogP) is 1.87. The van der Waals surface area contributed by atoms with Crippen LogP contribution >= 0.6 is 15.9 Å². The molecule has 2 amide bonds. The minimum Gasteiger partial charge on any atom is -0.480 e.